The van der Waals surface area contributed by atoms with Crippen molar-refractivity contribution >= 4 is 23.4 Å². The smallest absolute Gasteiger partial charge is 0.215 e. The Kier molecular flexibility index (Phi) is 3.19. The predicted octanol–water partition coefficient (Wildman–Crippen LogP) is 3.71. The molecule has 2 aromatic rings. The zero-order chi connectivity index (χ0) is 13.5. The number of hydrogen-bond donors (Lipinski definition) is 1. The van der Waals surface area contributed by atoms with Crippen molar-refractivity contribution in [2.45, 2.75) is 33.7 Å². The minimum Gasteiger partial charge on any atom is -0.481 e. The SMILES string of the molecule is COc1ccc2[nH]c(=S)n(C(C)C(C)(C)C)c2n1. The third-order valence-electron chi connectivity index (χ3n) is 3.39. The van der Waals surface area contributed by atoms with E-state index in [-0.39, 0.29) is 11.5 Å². The summed E-state index contributed by atoms with van der Waals surface area (Å²) in [5.41, 5.74) is 1.90. The normalized spacial score (nSPS) is 13.8. The van der Waals surface area contributed by atoms with E-state index >= 15 is 0 Å². The van der Waals surface area contributed by atoms with Crippen LogP contribution < -0.4 is 4.74 Å². The molecule has 0 saturated carbocycles. The molecule has 1 atom stereocenters. The van der Waals surface area contributed by atoms with Crippen LogP contribution in [0, 0.1) is 10.2 Å². The number of imidazole rings is 1. The van der Waals surface area contributed by atoms with Crippen molar-refractivity contribution in [2.24, 2.45) is 5.41 Å². The molecule has 5 heteroatoms. The summed E-state index contributed by atoms with van der Waals surface area (Å²) >= 11 is 5.40. The second kappa shape index (κ2) is 4.39. The number of pyridine rings is 1. The van der Waals surface area contributed by atoms with Gasteiger partial charge in [0, 0.05) is 12.1 Å². The van der Waals surface area contributed by atoms with Crippen LogP contribution in [0.3, 0.4) is 0 Å². The highest BCUT2D eigenvalue weighted by molar-refractivity contribution is 7.71. The first-order chi connectivity index (χ1) is 8.34. The van der Waals surface area contributed by atoms with Gasteiger partial charge in [-0.15, -0.1) is 0 Å². The van der Waals surface area contributed by atoms with Crippen LogP contribution in [0.2, 0.25) is 0 Å². The summed E-state index contributed by atoms with van der Waals surface area (Å²) in [6.45, 7) is 8.74. The molecule has 2 rings (SSSR count). The fraction of sp³-hybridized carbons (Fsp3) is 0.538. The Morgan fingerprint density at radius 3 is 2.61 bits per heavy atom. The number of aromatic nitrogens is 3. The second-order valence-corrected chi connectivity index (χ2v) is 5.95. The molecule has 0 aliphatic carbocycles. The lowest BCUT2D eigenvalue weighted by atomic mass is 9.88. The van der Waals surface area contributed by atoms with Gasteiger partial charge in [0.05, 0.1) is 12.6 Å². The minimum atomic E-state index is 0.109. The zero-order valence-electron chi connectivity index (χ0n) is 11.4. The van der Waals surface area contributed by atoms with E-state index in [1.54, 1.807) is 7.11 Å². The molecule has 0 aliphatic heterocycles. The molecule has 0 fully saturated rings. The molecule has 0 amide bonds. The molecule has 18 heavy (non-hydrogen) atoms. The van der Waals surface area contributed by atoms with Crippen molar-refractivity contribution in [1.29, 1.82) is 0 Å². The quantitative estimate of drug-likeness (QED) is 0.842. The summed E-state index contributed by atoms with van der Waals surface area (Å²) in [5, 5.41) is 0. The molecule has 1 N–H and O–H groups in total. The Balaban J connectivity index is 2.69. The van der Waals surface area contributed by atoms with Crippen LogP contribution in [0.25, 0.3) is 11.2 Å². The Bertz CT molecular complexity index is 621. The average Bonchev–Trinajstić information content (AvgIpc) is 2.61. The third-order valence-corrected chi connectivity index (χ3v) is 3.69. The summed E-state index contributed by atoms with van der Waals surface area (Å²) in [6, 6.07) is 4.03. The fourth-order valence-electron chi connectivity index (χ4n) is 1.84. The van der Waals surface area contributed by atoms with Gasteiger partial charge in [-0.3, -0.25) is 4.57 Å². The Labute approximate surface area is 112 Å². The lowest BCUT2D eigenvalue weighted by Crippen LogP contribution is -2.21. The molecule has 1 unspecified atom stereocenters. The molecule has 0 spiro atoms. The largest absolute Gasteiger partial charge is 0.481 e. The maximum absolute atomic E-state index is 5.40. The van der Waals surface area contributed by atoms with Gasteiger partial charge in [0.15, 0.2) is 10.4 Å². The van der Waals surface area contributed by atoms with E-state index in [9.17, 15) is 0 Å². The summed E-state index contributed by atoms with van der Waals surface area (Å²) < 4.78 is 7.94. The number of nitrogens with one attached hydrogen (secondary N) is 1. The number of fused-ring (bicyclic) bond motifs is 1. The van der Waals surface area contributed by atoms with E-state index in [1.165, 1.54) is 0 Å². The minimum absolute atomic E-state index is 0.109. The lowest BCUT2D eigenvalue weighted by Gasteiger charge is -2.28. The lowest BCUT2D eigenvalue weighted by molar-refractivity contribution is 0.264. The molecular formula is C13H19N3OS. The van der Waals surface area contributed by atoms with Crippen LogP contribution in [0.15, 0.2) is 12.1 Å². The van der Waals surface area contributed by atoms with Gasteiger partial charge in [-0.1, -0.05) is 20.8 Å². The van der Waals surface area contributed by atoms with Crippen molar-refractivity contribution in [3.63, 3.8) is 0 Å². The summed E-state index contributed by atoms with van der Waals surface area (Å²) in [6.07, 6.45) is 0. The highest BCUT2D eigenvalue weighted by Crippen LogP contribution is 2.32. The number of ether oxygens (including phenoxy) is 1. The van der Waals surface area contributed by atoms with Crippen LogP contribution in [0.4, 0.5) is 0 Å². The van der Waals surface area contributed by atoms with E-state index < -0.39 is 0 Å². The Hall–Kier alpha value is -1.36. The third kappa shape index (κ3) is 2.14. The van der Waals surface area contributed by atoms with Gasteiger partial charge < -0.3 is 9.72 Å². The predicted molar refractivity (Wildman–Crippen MR) is 75.6 cm³/mol. The fourth-order valence-corrected chi connectivity index (χ4v) is 2.20. The first-order valence-electron chi connectivity index (χ1n) is 6.00. The number of H-pyrrole nitrogens is 1. The molecular weight excluding hydrogens is 246 g/mol. The molecule has 0 saturated heterocycles. The molecule has 0 aliphatic rings. The first kappa shape index (κ1) is 13.1. The number of nitrogens with zero attached hydrogens (tertiary/aromatic N) is 2. The van der Waals surface area contributed by atoms with Gasteiger partial charge in [0.2, 0.25) is 5.88 Å². The molecule has 0 aromatic carbocycles. The monoisotopic (exact) mass is 265 g/mol. The van der Waals surface area contributed by atoms with E-state index in [2.05, 4.69) is 42.2 Å². The van der Waals surface area contributed by atoms with Gasteiger partial charge in [-0.05, 0) is 30.6 Å². The van der Waals surface area contributed by atoms with Crippen LogP contribution >= 0.6 is 12.2 Å². The van der Waals surface area contributed by atoms with Gasteiger partial charge in [-0.2, -0.15) is 4.98 Å². The summed E-state index contributed by atoms with van der Waals surface area (Å²) in [4.78, 5) is 7.68. The van der Waals surface area contributed by atoms with Gasteiger partial charge >= 0.3 is 0 Å². The highest BCUT2D eigenvalue weighted by Gasteiger charge is 2.24. The number of rotatable bonds is 2. The maximum Gasteiger partial charge on any atom is 0.215 e. The molecule has 0 bridgehead atoms. The second-order valence-electron chi connectivity index (χ2n) is 5.57. The molecule has 2 heterocycles. The van der Waals surface area contributed by atoms with Crippen molar-refractivity contribution in [3.05, 3.63) is 16.9 Å². The zero-order valence-corrected chi connectivity index (χ0v) is 12.3. The van der Waals surface area contributed by atoms with Crippen LogP contribution in [0.1, 0.15) is 33.7 Å². The van der Waals surface area contributed by atoms with E-state index in [1.807, 2.05) is 12.1 Å². The van der Waals surface area contributed by atoms with Crippen LogP contribution in [0.5, 0.6) is 5.88 Å². The number of aromatic amines is 1. The van der Waals surface area contributed by atoms with Gasteiger partial charge in [0.1, 0.15) is 0 Å². The van der Waals surface area contributed by atoms with Gasteiger partial charge in [-0.25, -0.2) is 0 Å². The number of hydrogen-bond acceptors (Lipinski definition) is 3. The highest BCUT2D eigenvalue weighted by atomic mass is 32.1. The van der Waals surface area contributed by atoms with Gasteiger partial charge in [0.25, 0.3) is 0 Å². The molecule has 98 valence electrons. The van der Waals surface area contributed by atoms with E-state index in [0.29, 0.717) is 10.7 Å². The van der Waals surface area contributed by atoms with Crippen LogP contribution in [-0.4, -0.2) is 21.6 Å². The molecule has 4 nitrogen and oxygen atoms in total. The van der Waals surface area contributed by atoms with Crippen molar-refractivity contribution in [3.8, 4) is 5.88 Å². The van der Waals surface area contributed by atoms with E-state index in [0.717, 1.165) is 11.2 Å². The average molecular weight is 265 g/mol. The van der Waals surface area contributed by atoms with Crippen molar-refractivity contribution in [2.75, 3.05) is 7.11 Å². The van der Waals surface area contributed by atoms with Crippen molar-refractivity contribution in [1.82, 2.24) is 14.5 Å². The molecule has 0 radical (unpaired) electrons. The number of methoxy groups -OCH3 is 1. The van der Waals surface area contributed by atoms with Crippen molar-refractivity contribution < 1.29 is 4.74 Å². The molecule has 2 aromatic heterocycles. The standard InChI is InChI=1S/C13H19N3OS/c1-8(13(2,3)4)16-11-9(14-12(16)18)6-7-10(15-11)17-5/h6-8H,1-5H3,(H,14,18). The topological polar surface area (TPSA) is 42.8 Å². The van der Waals surface area contributed by atoms with Crippen LogP contribution in [-0.2, 0) is 0 Å². The van der Waals surface area contributed by atoms with E-state index in [4.69, 9.17) is 17.0 Å². The Morgan fingerprint density at radius 2 is 2.06 bits per heavy atom. The Morgan fingerprint density at radius 1 is 1.39 bits per heavy atom. The maximum atomic E-state index is 5.40. The summed E-state index contributed by atoms with van der Waals surface area (Å²) in [7, 11) is 1.62. The summed E-state index contributed by atoms with van der Waals surface area (Å²) in [5.74, 6) is 0.603. The first-order valence-corrected chi connectivity index (χ1v) is 6.40.